The molecule has 0 aliphatic carbocycles. The summed E-state index contributed by atoms with van der Waals surface area (Å²) in [5.41, 5.74) is 2.69. The molecule has 0 saturated heterocycles. The summed E-state index contributed by atoms with van der Waals surface area (Å²) in [6.45, 7) is 2.58. The minimum Gasteiger partial charge on any atom is -0.307 e. The maximum absolute atomic E-state index is 12.1. The van der Waals surface area contributed by atoms with Gasteiger partial charge in [0, 0.05) is 11.8 Å². The second-order valence-electron chi connectivity index (χ2n) is 4.96. The van der Waals surface area contributed by atoms with Gasteiger partial charge in [-0.25, -0.2) is 14.6 Å². The van der Waals surface area contributed by atoms with Crippen molar-refractivity contribution < 1.29 is 4.79 Å². The molecule has 0 unspecified atom stereocenters. The molecule has 2 aromatic heterocycles. The van der Waals surface area contributed by atoms with Gasteiger partial charge < -0.3 is 5.32 Å². The molecule has 1 N–H and O–H groups in total. The van der Waals surface area contributed by atoms with Crippen molar-refractivity contribution in [1.82, 2.24) is 19.7 Å². The van der Waals surface area contributed by atoms with Gasteiger partial charge in [0.1, 0.15) is 18.5 Å². The van der Waals surface area contributed by atoms with E-state index in [0.717, 1.165) is 11.1 Å². The SMILES string of the molecule is Cc1ccc(NC(=O)c2ccc(Cn3cncn3)cc2)nc1. The number of carbonyl (C=O) groups is 1. The number of aryl methyl sites for hydroxylation is 1. The topological polar surface area (TPSA) is 72.7 Å². The summed E-state index contributed by atoms with van der Waals surface area (Å²) >= 11 is 0. The predicted molar refractivity (Wildman–Crippen MR) is 82.5 cm³/mol. The lowest BCUT2D eigenvalue weighted by Gasteiger charge is -2.06. The van der Waals surface area contributed by atoms with Gasteiger partial charge in [0.2, 0.25) is 0 Å². The zero-order valence-corrected chi connectivity index (χ0v) is 12.1. The van der Waals surface area contributed by atoms with Crippen LogP contribution in [0, 0.1) is 6.92 Å². The van der Waals surface area contributed by atoms with Crippen molar-refractivity contribution in [3.05, 3.63) is 71.9 Å². The van der Waals surface area contributed by atoms with E-state index in [4.69, 9.17) is 0 Å². The van der Waals surface area contributed by atoms with Crippen LogP contribution in [0.25, 0.3) is 0 Å². The number of nitrogens with one attached hydrogen (secondary N) is 1. The van der Waals surface area contributed by atoms with Crippen LogP contribution in [0.1, 0.15) is 21.5 Å². The largest absolute Gasteiger partial charge is 0.307 e. The molecule has 0 aliphatic rings. The number of anilines is 1. The first kappa shape index (κ1) is 13.9. The third kappa shape index (κ3) is 3.35. The first-order valence-electron chi connectivity index (χ1n) is 6.86. The Kier molecular flexibility index (Phi) is 3.91. The van der Waals surface area contributed by atoms with Gasteiger partial charge in [-0.1, -0.05) is 18.2 Å². The van der Waals surface area contributed by atoms with Gasteiger partial charge in [-0.05, 0) is 36.2 Å². The number of amides is 1. The molecular formula is C16H15N5O. The third-order valence-electron chi connectivity index (χ3n) is 3.18. The number of hydrogen-bond acceptors (Lipinski definition) is 4. The van der Waals surface area contributed by atoms with Gasteiger partial charge in [-0.15, -0.1) is 0 Å². The standard InChI is InChI=1S/C16H15N5O/c1-12-2-7-15(18-8-12)20-16(22)14-5-3-13(4-6-14)9-21-11-17-10-19-21/h2-8,10-11H,9H2,1H3,(H,18,20,22). The molecule has 0 atom stereocenters. The fraction of sp³-hybridized carbons (Fsp3) is 0.125. The van der Waals surface area contributed by atoms with Crippen LogP contribution in [-0.2, 0) is 6.54 Å². The maximum atomic E-state index is 12.1. The molecule has 0 spiro atoms. The molecule has 3 rings (SSSR count). The van der Waals surface area contributed by atoms with Crippen LogP contribution in [0.3, 0.4) is 0 Å². The normalized spacial score (nSPS) is 10.4. The summed E-state index contributed by atoms with van der Waals surface area (Å²) in [5.74, 6) is 0.367. The highest BCUT2D eigenvalue weighted by molar-refractivity contribution is 6.03. The highest BCUT2D eigenvalue weighted by Crippen LogP contribution is 2.09. The number of nitrogens with zero attached hydrogens (tertiary/aromatic N) is 4. The van der Waals surface area contributed by atoms with Crippen molar-refractivity contribution >= 4 is 11.7 Å². The van der Waals surface area contributed by atoms with E-state index < -0.39 is 0 Å². The highest BCUT2D eigenvalue weighted by atomic mass is 16.1. The van der Waals surface area contributed by atoms with Gasteiger partial charge in [0.15, 0.2) is 0 Å². The van der Waals surface area contributed by atoms with Crippen LogP contribution in [0.4, 0.5) is 5.82 Å². The minimum atomic E-state index is -0.177. The summed E-state index contributed by atoms with van der Waals surface area (Å²) in [5, 5.41) is 6.82. The lowest BCUT2D eigenvalue weighted by atomic mass is 10.1. The monoisotopic (exact) mass is 293 g/mol. The quantitative estimate of drug-likeness (QED) is 0.801. The molecule has 0 radical (unpaired) electrons. The number of benzene rings is 1. The van der Waals surface area contributed by atoms with Crippen molar-refractivity contribution in [3.8, 4) is 0 Å². The van der Waals surface area contributed by atoms with E-state index >= 15 is 0 Å². The lowest BCUT2D eigenvalue weighted by molar-refractivity contribution is 0.102. The summed E-state index contributed by atoms with van der Waals surface area (Å²) < 4.78 is 1.73. The average Bonchev–Trinajstić information content (AvgIpc) is 3.03. The zero-order chi connectivity index (χ0) is 15.4. The van der Waals surface area contributed by atoms with E-state index in [-0.39, 0.29) is 5.91 Å². The second-order valence-corrected chi connectivity index (χ2v) is 4.96. The Morgan fingerprint density at radius 3 is 2.64 bits per heavy atom. The smallest absolute Gasteiger partial charge is 0.256 e. The van der Waals surface area contributed by atoms with E-state index in [1.807, 2.05) is 25.1 Å². The van der Waals surface area contributed by atoms with Crippen molar-refractivity contribution in [2.45, 2.75) is 13.5 Å². The first-order chi connectivity index (χ1) is 10.7. The van der Waals surface area contributed by atoms with Gasteiger partial charge in [0.25, 0.3) is 5.91 Å². The molecule has 0 bridgehead atoms. The van der Waals surface area contributed by atoms with Crippen LogP contribution < -0.4 is 5.32 Å². The van der Waals surface area contributed by atoms with E-state index in [1.165, 1.54) is 6.33 Å². The van der Waals surface area contributed by atoms with Crippen LogP contribution in [0.2, 0.25) is 0 Å². The molecule has 22 heavy (non-hydrogen) atoms. The molecule has 2 heterocycles. The van der Waals surface area contributed by atoms with Crippen LogP contribution in [0.5, 0.6) is 0 Å². The summed E-state index contributed by atoms with van der Waals surface area (Å²) in [6.07, 6.45) is 4.87. The molecule has 0 aliphatic heterocycles. The number of carbonyl (C=O) groups excluding carboxylic acids is 1. The van der Waals surface area contributed by atoms with E-state index in [9.17, 15) is 4.79 Å². The molecular weight excluding hydrogens is 278 g/mol. The first-order valence-corrected chi connectivity index (χ1v) is 6.86. The van der Waals surface area contributed by atoms with E-state index in [1.54, 1.807) is 35.4 Å². The summed E-state index contributed by atoms with van der Waals surface area (Å²) in [6, 6.07) is 11.1. The molecule has 6 heteroatoms. The van der Waals surface area contributed by atoms with Gasteiger partial charge >= 0.3 is 0 Å². The van der Waals surface area contributed by atoms with E-state index in [2.05, 4.69) is 20.4 Å². The third-order valence-corrected chi connectivity index (χ3v) is 3.18. The van der Waals surface area contributed by atoms with Crippen molar-refractivity contribution in [3.63, 3.8) is 0 Å². The van der Waals surface area contributed by atoms with Gasteiger partial charge in [0.05, 0.1) is 6.54 Å². The maximum Gasteiger partial charge on any atom is 0.256 e. The number of hydrogen-bond donors (Lipinski definition) is 1. The Balaban J connectivity index is 1.66. The van der Waals surface area contributed by atoms with Crippen LogP contribution in [0.15, 0.2) is 55.2 Å². The summed E-state index contributed by atoms with van der Waals surface area (Å²) in [4.78, 5) is 20.2. The van der Waals surface area contributed by atoms with Gasteiger partial charge in [-0.3, -0.25) is 4.79 Å². The average molecular weight is 293 g/mol. The Hall–Kier alpha value is -3.02. The number of rotatable bonds is 4. The Labute approximate surface area is 127 Å². The number of aromatic nitrogens is 4. The molecule has 3 aromatic rings. The predicted octanol–water partition coefficient (Wildman–Crippen LogP) is 2.28. The van der Waals surface area contributed by atoms with Crippen molar-refractivity contribution in [2.75, 3.05) is 5.32 Å². The van der Waals surface area contributed by atoms with Crippen molar-refractivity contribution in [1.29, 1.82) is 0 Å². The van der Waals surface area contributed by atoms with Crippen LogP contribution >= 0.6 is 0 Å². The van der Waals surface area contributed by atoms with Crippen molar-refractivity contribution in [2.24, 2.45) is 0 Å². The molecule has 6 nitrogen and oxygen atoms in total. The zero-order valence-electron chi connectivity index (χ0n) is 12.1. The molecule has 0 saturated carbocycles. The number of pyridine rings is 1. The fourth-order valence-electron chi connectivity index (χ4n) is 1.99. The second kappa shape index (κ2) is 6.17. The Morgan fingerprint density at radius 1 is 1.18 bits per heavy atom. The van der Waals surface area contributed by atoms with Gasteiger partial charge in [-0.2, -0.15) is 5.10 Å². The lowest BCUT2D eigenvalue weighted by Crippen LogP contribution is -2.13. The molecule has 110 valence electrons. The Morgan fingerprint density at radius 2 is 2.00 bits per heavy atom. The molecule has 0 fully saturated rings. The minimum absolute atomic E-state index is 0.177. The van der Waals surface area contributed by atoms with Crippen LogP contribution in [-0.4, -0.2) is 25.7 Å². The Bertz CT molecular complexity index is 748. The highest BCUT2D eigenvalue weighted by Gasteiger charge is 2.07. The molecule has 1 aromatic carbocycles. The summed E-state index contributed by atoms with van der Waals surface area (Å²) in [7, 11) is 0. The fourth-order valence-corrected chi connectivity index (χ4v) is 1.99. The molecule has 1 amide bonds. The van der Waals surface area contributed by atoms with E-state index in [0.29, 0.717) is 17.9 Å².